The molecule has 0 heterocycles. The number of ether oxygens (including phenoxy) is 2. The van der Waals surface area contributed by atoms with Gasteiger partial charge in [0.15, 0.2) is 0 Å². The maximum Gasteiger partial charge on any atom is 0.0784 e. The molecule has 2 fully saturated rings. The van der Waals surface area contributed by atoms with Crippen LogP contribution in [-0.4, -0.2) is 31.5 Å². The van der Waals surface area contributed by atoms with Crippen LogP contribution in [0.15, 0.2) is 0 Å². The fourth-order valence-corrected chi connectivity index (χ4v) is 3.30. The van der Waals surface area contributed by atoms with Gasteiger partial charge >= 0.3 is 0 Å². The van der Waals surface area contributed by atoms with Crippen molar-refractivity contribution >= 4 is 0 Å². The largest absolute Gasteiger partial charge is 0.379 e. The minimum atomic E-state index is 0.204. The molecule has 2 rings (SSSR count). The lowest BCUT2D eigenvalue weighted by molar-refractivity contribution is -0.160. The maximum atomic E-state index is 6.17. The van der Waals surface area contributed by atoms with Crippen LogP contribution in [0, 0.1) is 5.41 Å². The van der Waals surface area contributed by atoms with Gasteiger partial charge in [0.1, 0.15) is 0 Å². The molecule has 3 atom stereocenters. The lowest BCUT2D eigenvalue weighted by Crippen LogP contribution is -2.61. The molecule has 0 bridgehead atoms. The first-order chi connectivity index (χ1) is 7.69. The van der Waals surface area contributed by atoms with Crippen LogP contribution in [0.4, 0.5) is 0 Å². The Kier molecular flexibility index (Phi) is 3.88. The van der Waals surface area contributed by atoms with Gasteiger partial charge in [-0.25, -0.2) is 0 Å². The third-order valence-corrected chi connectivity index (χ3v) is 4.34. The second-order valence-electron chi connectivity index (χ2n) is 5.38. The summed E-state index contributed by atoms with van der Waals surface area (Å²) in [4.78, 5) is 0. The summed E-state index contributed by atoms with van der Waals surface area (Å²) in [7, 11) is 0. The maximum absolute atomic E-state index is 6.17. The van der Waals surface area contributed by atoms with Gasteiger partial charge in [0.05, 0.1) is 18.8 Å². The molecule has 0 aromatic carbocycles. The molecule has 1 spiro atoms. The Hall–Kier alpha value is -0.120. The van der Waals surface area contributed by atoms with E-state index in [4.69, 9.17) is 15.2 Å². The summed E-state index contributed by atoms with van der Waals surface area (Å²) in [6, 6.07) is 0.374. The third kappa shape index (κ3) is 2.13. The fraction of sp³-hybridized carbons (Fsp3) is 1.00. The van der Waals surface area contributed by atoms with E-state index in [1.54, 1.807) is 0 Å². The van der Waals surface area contributed by atoms with Gasteiger partial charge in [0, 0.05) is 18.1 Å². The number of hydrogen-bond donors (Lipinski definition) is 1. The molecule has 0 saturated heterocycles. The van der Waals surface area contributed by atoms with Crippen molar-refractivity contribution in [3.8, 4) is 0 Å². The first-order valence-corrected chi connectivity index (χ1v) is 6.68. The topological polar surface area (TPSA) is 44.5 Å². The SMILES string of the molecule is CCOCC(C)OC1CC(N)C12CCCC2. The van der Waals surface area contributed by atoms with E-state index in [1.807, 2.05) is 6.92 Å². The van der Waals surface area contributed by atoms with Crippen molar-refractivity contribution < 1.29 is 9.47 Å². The van der Waals surface area contributed by atoms with Crippen molar-refractivity contribution in [2.45, 2.75) is 64.2 Å². The Morgan fingerprint density at radius 2 is 2.06 bits per heavy atom. The van der Waals surface area contributed by atoms with Gasteiger partial charge < -0.3 is 15.2 Å². The Bertz CT molecular complexity index is 226. The van der Waals surface area contributed by atoms with Crippen LogP contribution >= 0.6 is 0 Å². The summed E-state index contributed by atoms with van der Waals surface area (Å²) in [5.41, 5.74) is 6.49. The van der Waals surface area contributed by atoms with E-state index in [0.29, 0.717) is 24.2 Å². The van der Waals surface area contributed by atoms with E-state index >= 15 is 0 Å². The van der Waals surface area contributed by atoms with Crippen LogP contribution in [0.1, 0.15) is 46.0 Å². The minimum Gasteiger partial charge on any atom is -0.379 e. The highest BCUT2D eigenvalue weighted by molar-refractivity contribution is 5.08. The number of hydrogen-bond acceptors (Lipinski definition) is 3. The molecule has 16 heavy (non-hydrogen) atoms. The average Bonchev–Trinajstić information content (AvgIpc) is 2.78. The van der Waals surface area contributed by atoms with Gasteiger partial charge in [-0.3, -0.25) is 0 Å². The third-order valence-electron chi connectivity index (χ3n) is 4.34. The minimum absolute atomic E-state index is 0.204. The Morgan fingerprint density at radius 1 is 1.38 bits per heavy atom. The summed E-state index contributed by atoms with van der Waals surface area (Å²) < 4.78 is 11.5. The van der Waals surface area contributed by atoms with E-state index < -0.39 is 0 Å². The zero-order valence-corrected chi connectivity index (χ0v) is 10.6. The van der Waals surface area contributed by atoms with Crippen LogP contribution in [0.2, 0.25) is 0 Å². The molecule has 3 nitrogen and oxygen atoms in total. The predicted octanol–water partition coefficient (Wildman–Crippen LogP) is 2.09. The molecule has 0 aromatic rings. The van der Waals surface area contributed by atoms with Gasteiger partial charge in [-0.05, 0) is 33.1 Å². The molecule has 2 saturated carbocycles. The van der Waals surface area contributed by atoms with E-state index in [1.165, 1.54) is 25.7 Å². The lowest BCUT2D eigenvalue weighted by atomic mass is 9.61. The molecule has 3 unspecified atom stereocenters. The Morgan fingerprint density at radius 3 is 2.62 bits per heavy atom. The molecular formula is C13H25NO2. The van der Waals surface area contributed by atoms with E-state index in [9.17, 15) is 0 Å². The number of nitrogens with two attached hydrogens (primary N) is 1. The molecule has 3 heteroatoms. The highest BCUT2D eigenvalue weighted by atomic mass is 16.5. The van der Waals surface area contributed by atoms with Crippen molar-refractivity contribution in [2.24, 2.45) is 11.1 Å². The van der Waals surface area contributed by atoms with E-state index in [2.05, 4.69) is 6.92 Å². The normalized spacial score (nSPS) is 33.9. The summed E-state index contributed by atoms with van der Waals surface area (Å²) in [5.74, 6) is 0. The fourth-order valence-electron chi connectivity index (χ4n) is 3.30. The lowest BCUT2D eigenvalue weighted by Gasteiger charge is -2.53. The zero-order valence-electron chi connectivity index (χ0n) is 10.6. The van der Waals surface area contributed by atoms with Gasteiger partial charge in [-0.1, -0.05) is 12.8 Å². The van der Waals surface area contributed by atoms with Crippen LogP contribution in [-0.2, 0) is 9.47 Å². The van der Waals surface area contributed by atoms with Crippen LogP contribution in [0.3, 0.4) is 0 Å². The second kappa shape index (κ2) is 5.03. The van der Waals surface area contributed by atoms with Crippen molar-refractivity contribution in [1.29, 1.82) is 0 Å². The Labute approximate surface area is 98.7 Å². The Balaban J connectivity index is 1.82. The van der Waals surface area contributed by atoms with E-state index in [0.717, 1.165) is 13.0 Å². The average molecular weight is 227 g/mol. The molecule has 0 amide bonds. The quantitative estimate of drug-likeness (QED) is 0.782. The zero-order chi connectivity index (χ0) is 11.6. The van der Waals surface area contributed by atoms with Crippen LogP contribution < -0.4 is 5.73 Å². The molecule has 2 aliphatic carbocycles. The summed E-state index contributed by atoms with van der Waals surface area (Å²) in [6.45, 7) is 5.59. The molecule has 2 aliphatic rings. The van der Waals surface area contributed by atoms with Crippen molar-refractivity contribution in [3.05, 3.63) is 0 Å². The monoisotopic (exact) mass is 227 g/mol. The highest BCUT2D eigenvalue weighted by Crippen LogP contribution is 2.54. The first-order valence-electron chi connectivity index (χ1n) is 6.68. The smallest absolute Gasteiger partial charge is 0.0784 e. The van der Waals surface area contributed by atoms with Gasteiger partial charge in [-0.15, -0.1) is 0 Å². The first kappa shape index (κ1) is 12.3. The highest BCUT2D eigenvalue weighted by Gasteiger charge is 2.55. The molecule has 94 valence electrons. The van der Waals surface area contributed by atoms with Gasteiger partial charge in [-0.2, -0.15) is 0 Å². The van der Waals surface area contributed by atoms with Crippen molar-refractivity contribution in [1.82, 2.24) is 0 Å². The standard InChI is InChI=1S/C13H25NO2/c1-3-15-9-10(2)16-12-8-11(14)13(12)6-4-5-7-13/h10-12H,3-9,14H2,1-2H3. The van der Waals surface area contributed by atoms with Crippen molar-refractivity contribution in [3.63, 3.8) is 0 Å². The van der Waals surface area contributed by atoms with Crippen molar-refractivity contribution in [2.75, 3.05) is 13.2 Å². The summed E-state index contributed by atoms with van der Waals surface area (Å²) >= 11 is 0. The molecule has 0 radical (unpaired) electrons. The van der Waals surface area contributed by atoms with Gasteiger partial charge in [0.25, 0.3) is 0 Å². The van der Waals surface area contributed by atoms with Crippen LogP contribution in [0.25, 0.3) is 0 Å². The molecule has 0 aliphatic heterocycles. The summed E-state index contributed by atoms with van der Waals surface area (Å²) in [6.07, 6.45) is 6.81. The molecule has 2 N–H and O–H groups in total. The second-order valence-corrected chi connectivity index (χ2v) is 5.38. The summed E-state index contributed by atoms with van der Waals surface area (Å²) in [5, 5.41) is 0. The van der Waals surface area contributed by atoms with Crippen LogP contribution in [0.5, 0.6) is 0 Å². The van der Waals surface area contributed by atoms with Gasteiger partial charge in [0.2, 0.25) is 0 Å². The molecule has 0 aromatic heterocycles. The number of rotatable bonds is 5. The predicted molar refractivity (Wildman–Crippen MR) is 64.3 cm³/mol. The molecular weight excluding hydrogens is 202 g/mol. The van der Waals surface area contributed by atoms with E-state index in [-0.39, 0.29) is 6.10 Å².